The molecule has 1 saturated heterocycles. The number of carbonyl (C=O) groups excluding carboxylic acids is 5. The molecule has 0 aromatic rings. The highest BCUT2D eigenvalue weighted by atomic mass is 16.5. The van der Waals surface area contributed by atoms with Gasteiger partial charge in [-0.15, -0.1) is 0 Å². The zero-order valence-corrected chi connectivity index (χ0v) is 24.6. The molecular weight excluding hydrogens is 502 g/mol. The Morgan fingerprint density at radius 2 is 1.56 bits per heavy atom. The van der Waals surface area contributed by atoms with Gasteiger partial charge in [0.25, 0.3) is 5.91 Å². The van der Waals surface area contributed by atoms with E-state index in [0.717, 1.165) is 25.7 Å². The van der Waals surface area contributed by atoms with Gasteiger partial charge in [-0.3, -0.25) is 19.2 Å². The van der Waals surface area contributed by atoms with Gasteiger partial charge in [0.15, 0.2) is 0 Å². The molecule has 11 heteroatoms. The van der Waals surface area contributed by atoms with Crippen LogP contribution in [-0.2, 0) is 23.9 Å². The first-order chi connectivity index (χ1) is 18.3. The van der Waals surface area contributed by atoms with E-state index in [2.05, 4.69) is 21.3 Å². The summed E-state index contributed by atoms with van der Waals surface area (Å²) in [6.45, 7) is 12.8. The van der Waals surface area contributed by atoms with Gasteiger partial charge in [-0.05, 0) is 46.0 Å². The molecule has 11 nitrogen and oxygen atoms in total. The zero-order chi connectivity index (χ0) is 29.2. The zero-order valence-electron chi connectivity index (χ0n) is 24.6. The van der Waals surface area contributed by atoms with E-state index in [-0.39, 0.29) is 24.3 Å². The van der Waals surface area contributed by atoms with E-state index in [1.165, 1.54) is 0 Å². The first-order valence-corrected chi connectivity index (χ1v) is 14.4. The van der Waals surface area contributed by atoms with Gasteiger partial charge in [0, 0.05) is 18.6 Å². The summed E-state index contributed by atoms with van der Waals surface area (Å²) in [5.41, 5.74) is -1.65. The number of unbranched alkanes of at least 4 members (excludes halogenated alkanes) is 1. The van der Waals surface area contributed by atoms with Gasteiger partial charge in [0.2, 0.25) is 17.6 Å². The summed E-state index contributed by atoms with van der Waals surface area (Å²) < 4.78 is 5.33. The van der Waals surface area contributed by atoms with Crippen molar-refractivity contribution in [3.63, 3.8) is 0 Å². The minimum atomic E-state index is -1.15. The second-order valence-corrected chi connectivity index (χ2v) is 12.1. The number of hydrogen-bond donors (Lipinski definition) is 4. The molecule has 2 atom stereocenters. The molecule has 1 aliphatic heterocycles. The van der Waals surface area contributed by atoms with Crippen molar-refractivity contribution in [2.24, 2.45) is 5.92 Å². The molecule has 0 spiro atoms. The number of carbonyl (C=O) groups is 5. The van der Waals surface area contributed by atoms with E-state index in [9.17, 15) is 24.0 Å². The number of nitrogens with one attached hydrogen (secondary N) is 4. The number of amides is 5. The molecule has 1 aliphatic carbocycles. The topological polar surface area (TPSA) is 146 Å². The molecule has 0 aromatic heterocycles. The fourth-order valence-electron chi connectivity index (χ4n) is 4.94. The van der Waals surface area contributed by atoms with Gasteiger partial charge in [-0.1, -0.05) is 52.9 Å². The Hall–Kier alpha value is -2.69. The summed E-state index contributed by atoms with van der Waals surface area (Å²) in [6, 6.07) is -2.29. The lowest BCUT2D eigenvalue weighted by molar-refractivity contribution is -0.142. The average Bonchev–Trinajstić information content (AvgIpc) is 2.88. The number of nitrogens with zero attached hydrogens (tertiary/aromatic N) is 1. The molecule has 0 bridgehead atoms. The summed E-state index contributed by atoms with van der Waals surface area (Å²) in [4.78, 5) is 67.6. The van der Waals surface area contributed by atoms with Crippen LogP contribution in [-0.4, -0.2) is 83.9 Å². The van der Waals surface area contributed by atoms with Crippen molar-refractivity contribution in [1.29, 1.82) is 0 Å². The minimum Gasteiger partial charge on any atom is -0.378 e. The fourth-order valence-corrected chi connectivity index (χ4v) is 4.94. The van der Waals surface area contributed by atoms with Crippen LogP contribution >= 0.6 is 0 Å². The molecule has 222 valence electrons. The predicted octanol–water partition coefficient (Wildman–Crippen LogP) is 2.03. The molecule has 0 unspecified atom stereocenters. The number of morpholine rings is 1. The molecular formula is C28H49N5O6. The predicted molar refractivity (Wildman–Crippen MR) is 148 cm³/mol. The van der Waals surface area contributed by atoms with Gasteiger partial charge >= 0.3 is 6.03 Å². The molecule has 2 fully saturated rings. The van der Waals surface area contributed by atoms with Crippen molar-refractivity contribution < 1.29 is 28.7 Å². The van der Waals surface area contributed by atoms with Gasteiger partial charge in [0.1, 0.15) is 11.6 Å². The highest BCUT2D eigenvalue weighted by Gasteiger charge is 2.44. The molecule has 39 heavy (non-hydrogen) atoms. The lowest BCUT2D eigenvalue weighted by Crippen LogP contribution is -2.65. The van der Waals surface area contributed by atoms with E-state index in [0.29, 0.717) is 45.6 Å². The first kappa shape index (κ1) is 32.5. The summed E-state index contributed by atoms with van der Waals surface area (Å²) >= 11 is 0. The average molecular weight is 552 g/mol. The van der Waals surface area contributed by atoms with Crippen LogP contribution < -0.4 is 21.3 Å². The smallest absolute Gasteiger partial charge is 0.318 e. The van der Waals surface area contributed by atoms with Crippen LogP contribution in [0.1, 0.15) is 92.9 Å². The van der Waals surface area contributed by atoms with Crippen molar-refractivity contribution in [2.75, 3.05) is 26.3 Å². The van der Waals surface area contributed by atoms with Crippen molar-refractivity contribution in [2.45, 2.75) is 116 Å². The maximum atomic E-state index is 13.7. The SMILES string of the molecule is CCCC[C@H](NC(=O)C1(NC(=O)N2CCOCC2)CCCCC1)C(=O)C(=O)N[C@H](C(=O)NC(C)(C)C)C(C)C. The standard InChI is InChI=1S/C28H49N5O6/c1-7-8-12-20(22(34)24(36)30-21(19(2)3)23(35)31-27(4,5)6)29-25(37)28(13-10-9-11-14-28)32-26(38)33-15-17-39-18-16-33/h19-21H,7-18H2,1-6H3,(H,29,37)(H,30,36)(H,31,35)(H,32,38)/t20-,21-/m0/s1. The van der Waals surface area contributed by atoms with E-state index in [1.807, 2.05) is 27.7 Å². The van der Waals surface area contributed by atoms with Crippen molar-refractivity contribution >= 4 is 29.5 Å². The molecule has 4 N–H and O–H groups in total. The summed E-state index contributed by atoms with van der Waals surface area (Å²) in [5.74, 6) is -2.78. The lowest BCUT2D eigenvalue weighted by atomic mass is 9.80. The van der Waals surface area contributed by atoms with Gasteiger partial charge in [0.05, 0.1) is 19.3 Å². The number of hydrogen-bond acceptors (Lipinski definition) is 6. The largest absolute Gasteiger partial charge is 0.378 e. The minimum absolute atomic E-state index is 0.256. The van der Waals surface area contributed by atoms with E-state index in [4.69, 9.17) is 4.74 Å². The second kappa shape index (κ2) is 14.6. The van der Waals surface area contributed by atoms with Crippen LogP contribution in [0, 0.1) is 5.92 Å². The highest BCUT2D eigenvalue weighted by molar-refractivity contribution is 6.38. The number of urea groups is 1. The monoisotopic (exact) mass is 551 g/mol. The van der Waals surface area contributed by atoms with E-state index in [1.54, 1.807) is 18.7 Å². The molecule has 0 radical (unpaired) electrons. The number of ketones is 1. The van der Waals surface area contributed by atoms with Crippen LogP contribution in [0.3, 0.4) is 0 Å². The van der Waals surface area contributed by atoms with Crippen LogP contribution in [0.25, 0.3) is 0 Å². The maximum absolute atomic E-state index is 13.7. The Kier molecular flexibility index (Phi) is 12.2. The van der Waals surface area contributed by atoms with Gasteiger partial charge in [-0.2, -0.15) is 0 Å². The van der Waals surface area contributed by atoms with Crippen molar-refractivity contribution in [3.8, 4) is 0 Å². The Morgan fingerprint density at radius 3 is 2.10 bits per heavy atom. The van der Waals surface area contributed by atoms with Crippen LogP contribution in [0.15, 0.2) is 0 Å². The second-order valence-electron chi connectivity index (χ2n) is 12.1. The Balaban J connectivity index is 2.18. The first-order valence-electron chi connectivity index (χ1n) is 14.4. The fraction of sp³-hybridized carbons (Fsp3) is 0.821. The summed E-state index contributed by atoms with van der Waals surface area (Å²) in [5, 5.41) is 11.2. The van der Waals surface area contributed by atoms with Crippen molar-refractivity contribution in [1.82, 2.24) is 26.2 Å². The molecule has 1 saturated carbocycles. The van der Waals surface area contributed by atoms with Gasteiger partial charge < -0.3 is 30.9 Å². The molecule has 0 aromatic carbocycles. The van der Waals surface area contributed by atoms with E-state index < -0.39 is 40.8 Å². The Bertz CT molecular complexity index is 872. The maximum Gasteiger partial charge on any atom is 0.318 e. The Labute approximate surface area is 232 Å². The summed E-state index contributed by atoms with van der Waals surface area (Å²) in [6.07, 6.45) is 5.07. The third-order valence-corrected chi connectivity index (χ3v) is 7.21. The number of rotatable bonds is 11. The lowest BCUT2D eigenvalue weighted by Gasteiger charge is -2.39. The quantitative estimate of drug-likeness (QED) is 0.289. The normalized spacial score (nSPS) is 19.0. The van der Waals surface area contributed by atoms with Crippen LogP contribution in [0.4, 0.5) is 4.79 Å². The van der Waals surface area contributed by atoms with Gasteiger partial charge in [-0.25, -0.2) is 4.79 Å². The summed E-state index contributed by atoms with van der Waals surface area (Å²) in [7, 11) is 0. The number of ether oxygens (including phenoxy) is 1. The van der Waals surface area contributed by atoms with Crippen LogP contribution in [0.5, 0.6) is 0 Å². The van der Waals surface area contributed by atoms with Crippen molar-refractivity contribution in [3.05, 3.63) is 0 Å². The number of Topliss-reactive ketones (excluding diaryl/α,β-unsaturated/α-hetero) is 1. The van der Waals surface area contributed by atoms with E-state index >= 15 is 0 Å². The third-order valence-electron chi connectivity index (χ3n) is 7.21. The molecule has 2 aliphatic rings. The molecule has 1 heterocycles. The molecule has 5 amide bonds. The third kappa shape index (κ3) is 9.77. The Morgan fingerprint density at radius 1 is 0.949 bits per heavy atom. The van der Waals surface area contributed by atoms with Crippen LogP contribution in [0.2, 0.25) is 0 Å². The highest BCUT2D eigenvalue weighted by Crippen LogP contribution is 2.29. The molecule has 2 rings (SSSR count).